The van der Waals surface area contributed by atoms with Crippen LogP contribution in [0.1, 0.15) is 39.4 Å². The van der Waals surface area contributed by atoms with Crippen molar-refractivity contribution in [3.05, 3.63) is 35.6 Å². The summed E-state index contributed by atoms with van der Waals surface area (Å²) in [7, 11) is 0. The molecule has 164 valence electrons. The topological polar surface area (TPSA) is 80.2 Å². The Hall–Kier alpha value is -2.74. The number of fused-ring (bicyclic) bond motifs is 1. The third kappa shape index (κ3) is 5.50. The quantitative estimate of drug-likeness (QED) is 0.608. The molecule has 1 aliphatic rings. The molecule has 3 heterocycles. The number of rotatable bonds is 4. The minimum Gasteiger partial charge on any atom is -0.444 e. The summed E-state index contributed by atoms with van der Waals surface area (Å²) in [5, 5.41) is 3.47. The van der Waals surface area contributed by atoms with Crippen molar-refractivity contribution in [1.29, 1.82) is 0 Å². The lowest BCUT2D eigenvalue weighted by Crippen LogP contribution is -2.44. The second-order valence-electron chi connectivity index (χ2n) is 9.04. The Morgan fingerprint density at radius 1 is 1.29 bits per heavy atom. The largest absolute Gasteiger partial charge is 0.444 e. The summed E-state index contributed by atoms with van der Waals surface area (Å²) in [6, 6.07) is 8.19. The smallest absolute Gasteiger partial charge is 0.410 e. The lowest BCUT2D eigenvalue weighted by Gasteiger charge is -2.34. The predicted molar refractivity (Wildman–Crippen MR) is 124 cm³/mol. The predicted octanol–water partition coefficient (Wildman–Crippen LogP) is 5.12. The van der Waals surface area contributed by atoms with Gasteiger partial charge in [-0.3, -0.25) is 0 Å². The molecule has 1 atom stereocenters. The zero-order chi connectivity index (χ0) is 22.0. The molecule has 1 amide bonds. The van der Waals surface area contributed by atoms with Gasteiger partial charge >= 0.3 is 6.09 Å². The van der Waals surface area contributed by atoms with E-state index in [0.29, 0.717) is 12.5 Å². The maximum absolute atomic E-state index is 12.4. The van der Waals surface area contributed by atoms with Gasteiger partial charge in [-0.05, 0) is 58.6 Å². The number of aromatic nitrogens is 3. The van der Waals surface area contributed by atoms with E-state index in [4.69, 9.17) is 4.74 Å². The van der Waals surface area contributed by atoms with Crippen LogP contribution in [0.25, 0.3) is 21.5 Å². The molecule has 4 rings (SSSR count). The van der Waals surface area contributed by atoms with E-state index in [1.807, 2.05) is 56.3 Å². The Kier molecular flexibility index (Phi) is 6.09. The van der Waals surface area contributed by atoms with E-state index in [0.717, 1.165) is 59.0 Å². The van der Waals surface area contributed by atoms with Gasteiger partial charge in [-0.15, -0.1) is 11.3 Å². The molecular formula is C23H29N5O2S. The third-order valence-electron chi connectivity index (χ3n) is 5.21. The Bertz CT molecular complexity index is 1080. The van der Waals surface area contributed by atoms with Gasteiger partial charge < -0.3 is 15.0 Å². The van der Waals surface area contributed by atoms with Gasteiger partial charge in [0, 0.05) is 31.3 Å². The molecule has 7 nitrogen and oxygen atoms in total. The fraction of sp³-hybridized carbons (Fsp3) is 0.478. The number of anilines is 1. The molecule has 0 spiro atoms. The molecule has 1 unspecified atom stereocenters. The third-order valence-corrected chi connectivity index (χ3v) is 6.00. The summed E-state index contributed by atoms with van der Waals surface area (Å²) in [4.78, 5) is 27.8. The molecule has 31 heavy (non-hydrogen) atoms. The first-order valence-corrected chi connectivity index (χ1v) is 11.6. The van der Waals surface area contributed by atoms with Crippen molar-refractivity contribution < 1.29 is 9.53 Å². The number of amides is 1. The van der Waals surface area contributed by atoms with Gasteiger partial charge in [-0.2, -0.15) is 0 Å². The number of ether oxygens (including phenoxy) is 1. The van der Waals surface area contributed by atoms with E-state index in [-0.39, 0.29) is 6.09 Å². The monoisotopic (exact) mass is 439 g/mol. The second kappa shape index (κ2) is 8.78. The summed E-state index contributed by atoms with van der Waals surface area (Å²) < 4.78 is 6.68. The molecule has 1 aromatic carbocycles. The van der Waals surface area contributed by atoms with E-state index >= 15 is 0 Å². The van der Waals surface area contributed by atoms with Crippen molar-refractivity contribution in [2.45, 2.75) is 46.1 Å². The van der Waals surface area contributed by atoms with Crippen molar-refractivity contribution in [2.75, 3.05) is 25.0 Å². The molecule has 1 fully saturated rings. The van der Waals surface area contributed by atoms with Crippen molar-refractivity contribution in [1.82, 2.24) is 19.9 Å². The average Bonchev–Trinajstić information content (AvgIpc) is 3.19. The summed E-state index contributed by atoms with van der Waals surface area (Å²) >= 11 is 1.63. The lowest BCUT2D eigenvalue weighted by atomic mass is 9.98. The Balaban J connectivity index is 1.42. The number of nitrogens with zero attached hydrogens (tertiary/aromatic N) is 4. The van der Waals surface area contributed by atoms with Gasteiger partial charge in [0.15, 0.2) is 0 Å². The first-order valence-electron chi connectivity index (χ1n) is 10.7. The molecule has 0 bridgehead atoms. The van der Waals surface area contributed by atoms with Crippen LogP contribution in [0.2, 0.25) is 0 Å². The maximum atomic E-state index is 12.4. The second-order valence-corrected chi connectivity index (χ2v) is 9.92. The van der Waals surface area contributed by atoms with E-state index in [9.17, 15) is 4.79 Å². The number of hydrogen-bond acceptors (Lipinski definition) is 7. The lowest BCUT2D eigenvalue weighted by molar-refractivity contribution is 0.0172. The summed E-state index contributed by atoms with van der Waals surface area (Å²) in [5.41, 5.74) is 4.34. The first kappa shape index (κ1) is 21.5. The van der Waals surface area contributed by atoms with E-state index in [1.165, 1.54) is 0 Å². The highest BCUT2D eigenvalue weighted by molar-refractivity contribution is 7.16. The van der Waals surface area contributed by atoms with Crippen molar-refractivity contribution in [3.63, 3.8) is 0 Å². The number of thiazole rings is 1. The molecule has 2 aromatic heterocycles. The van der Waals surface area contributed by atoms with Gasteiger partial charge in [0.1, 0.15) is 17.2 Å². The number of likely N-dealkylation sites (tertiary alicyclic amines) is 1. The van der Waals surface area contributed by atoms with Gasteiger partial charge in [-0.25, -0.2) is 19.7 Å². The van der Waals surface area contributed by atoms with Crippen LogP contribution in [0.3, 0.4) is 0 Å². The molecular weight excluding hydrogens is 410 g/mol. The Morgan fingerprint density at radius 2 is 2.13 bits per heavy atom. The minimum atomic E-state index is -0.473. The first-order chi connectivity index (χ1) is 14.8. The van der Waals surface area contributed by atoms with Crippen molar-refractivity contribution in [3.8, 4) is 11.3 Å². The zero-order valence-electron chi connectivity index (χ0n) is 18.5. The fourth-order valence-corrected chi connectivity index (χ4v) is 4.51. The highest BCUT2D eigenvalue weighted by atomic mass is 32.1. The zero-order valence-corrected chi connectivity index (χ0v) is 19.3. The van der Waals surface area contributed by atoms with E-state index in [1.54, 1.807) is 11.3 Å². The summed E-state index contributed by atoms with van der Waals surface area (Å²) in [5.74, 6) is 1.89. The van der Waals surface area contributed by atoms with Gasteiger partial charge in [0.25, 0.3) is 0 Å². The number of piperidine rings is 1. The number of benzene rings is 1. The normalized spacial score (nSPS) is 17.0. The van der Waals surface area contributed by atoms with E-state index < -0.39 is 5.60 Å². The molecule has 1 aliphatic heterocycles. The van der Waals surface area contributed by atoms with Gasteiger partial charge in [0.2, 0.25) is 0 Å². The summed E-state index contributed by atoms with van der Waals surface area (Å²) in [6.45, 7) is 9.80. The number of carbonyl (C=O) groups is 1. The highest BCUT2D eigenvalue weighted by Crippen LogP contribution is 2.27. The van der Waals surface area contributed by atoms with Crippen LogP contribution in [0.4, 0.5) is 10.6 Å². The van der Waals surface area contributed by atoms with Crippen LogP contribution in [-0.4, -0.2) is 51.2 Å². The van der Waals surface area contributed by atoms with Gasteiger partial charge in [-0.1, -0.05) is 6.07 Å². The number of hydrogen-bond donors (Lipinski definition) is 1. The SMILES string of the molecule is Cc1nc(NCC2CCCN(C(=O)OC(C)(C)C)C2)cc(-c2ccc3ncsc3c2)n1. The molecule has 0 saturated carbocycles. The Labute approximate surface area is 186 Å². The number of aryl methyl sites for hydroxylation is 1. The minimum absolute atomic E-state index is 0.226. The molecule has 1 saturated heterocycles. The van der Waals surface area contributed by atoms with Gasteiger partial charge in [0.05, 0.1) is 21.4 Å². The van der Waals surface area contributed by atoms with Crippen molar-refractivity contribution in [2.24, 2.45) is 5.92 Å². The molecule has 8 heteroatoms. The molecule has 0 aliphatic carbocycles. The molecule has 3 aromatic rings. The maximum Gasteiger partial charge on any atom is 0.410 e. The highest BCUT2D eigenvalue weighted by Gasteiger charge is 2.27. The molecule has 1 N–H and O–H groups in total. The average molecular weight is 440 g/mol. The summed E-state index contributed by atoms with van der Waals surface area (Å²) in [6.07, 6.45) is 1.83. The van der Waals surface area contributed by atoms with Crippen LogP contribution in [-0.2, 0) is 4.74 Å². The van der Waals surface area contributed by atoms with E-state index in [2.05, 4.69) is 26.3 Å². The fourth-order valence-electron chi connectivity index (χ4n) is 3.79. The van der Waals surface area contributed by atoms with Crippen LogP contribution in [0.5, 0.6) is 0 Å². The van der Waals surface area contributed by atoms with Crippen molar-refractivity contribution >= 4 is 33.5 Å². The molecule has 0 radical (unpaired) electrons. The number of nitrogens with one attached hydrogen (secondary N) is 1. The van der Waals surface area contributed by atoms with Crippen LogP contribution < -0.4 is 5.32 Å². The van der Waals surface area contributed by atoms with Crippen LogP contribution in [0.15, 0.2) is 29.8 Å². The van der Waals surface area contributed by atoms with Crippen LogP contribution in [0, 0.1) is 12.8 Å². The Morgan fingerprint density at radius 3 is 2.94 bits per heavy atom. The van der Waals surface area contributed by atoms with Crippen LogP contribution >= 0.6 is 11.3 Å². The standard InChI is InChI=1S/C23H29N5O2S/c1-15-26-19(17-7-8-18-20(10-17)31-14-25-18)11-21(27-15)24-12-16-6-5-9-28(13-16)22(29)30-23(2,3)4/h7-8,10-11,14,16H,5-6,9,12-13H2,1-4H3,(H,24,26,27). The number of carbonyl (C=O) groups excluding carboxylic acids is 1.